The van der Waals surface area contributed by atoms with Crippen molar-refractivity contribution >= 4 is 0 Å². The lowest BCUT2D eigenvalue weighted by molar-refractivity contribution is 0.0160. The maximum absolute atomic E-state index is 13.4. The van der Waals surface area contributed by atoms with E-state index in [1.807, 2.05) is 0 Å². The molecule has 1 rings (SSSR count). The fourth-order valence-corrected chi connectivity index (χ4v) is 1.93. The van der Waals surface area contributed by atoms with Crippen LogP contribution in [0.2, 0.25) is 0 Å². The van der Waals surface area contributed by atoms with E-state index in [0.29, 0.717) is 16.9 Å². The van der Waals surface area contributed by atoms with Crippen LogP contribution in [-0.4, -0.2) is 7.11 Å². The molecule has 1 aromatic carbocycles. The molecule has 0 saturated carbocycles. The van der Waals surface area contributed by atoms with E-state index in [2.05, 4.69) is 0 Å². The normalized spacial score (nSPS) is 11.7. The molecule has 0 atom stereocenters. The minimum atomic E-state index is -2.80. The molecule has 0 aliphatic carbocycles. The summed E-state index contributed by atoms with van der Waals surface area (Å²) in [7, 11) is 1.55. The fourth-order valence-electron chi connectivity index (χ4n) is 1.93. The zero-order valence-corrected chi connectivity index (χ0v) is 9.74. The Kier molecular flexibility index (Phi) is 3.03. The van der Waals surface area contributed by atoms with Crippen molar-refractivity contribution in [2.75, 3.05) is 7.11 Å². The first-order valence-corrected chi connectivity index (χ1v) is 4.82. The Hall–Kier alpha value is -1.12. The Morgan fingerprint density at radius 2 is 1.67 bits per heavy atom. The molecular formula is C12H16F2O. The first-order chi connectivity index (χ1) is 6.79. The monoisotopic (exact) mass is 214 g/mol. The van der Waals surface area contributed by atoms with Gasteiger partial charge in [-0.3, -0.25) is 0 Å². The molecule has 0 heterocycles. The number of hydrogen-bond acceptors (Lipinski definition) is 1. The van der Waals surface area contributed by atoms with Crippen molar-refractivity contribution in [1.82, 2.24) is 0 Å². The van der Waals surface area contributed by atoms with Crippen molar-refractivity contribution in [2.45, 2.75) is 33.6 Å². The van der Waals surface area contributed by atoms with E-state index in [1.165, 1.54) is 0 Å². The molecule has 0 bridgehead atoms. The highest BCUT2D eigenvalue weighted by molar-refractivity contribution is 5.49. The van der Waals surface area contributed by atoms with E-state index >= 15 is 0 Å². The molecule has 1 nitrogen and oxygen atoms in total. The third kappa shape index (κ3) is 2.11. The van der Waals surface area contributed by atoms with Gasteiger partial charge in [-0.05, 0) is 43.5 Å². The van der Waals surface area contributed by atoms with Gasteiger partial charge >= 0.3 is 0 Å². The van der Waals surface area contributed by atoms with Gasteiger partial charge in [0.1, 0.15) is 5.75 Å². The van der Waals surface area contributed by atoms with Crippen LogP contribution in [0.5, 0.6) is 5.75 Å². The molecule has 0 aliphatic rings. The quantitative estimate of drug-likeness (QED) is 0.728. The lowest BCUT2D eigenvalue weighted by Gasteiger charge is -2.20. The van der Waals surface area contributed by atoms with Gasteiger partial charge < -0.3 is 4.74 Å². The SMILES string of the molecule is COc1cc(C)c(C(C)(F)F)c(C)c1C. The van der Waals surface area contributed by atoms with Crippen LogP contribution in [0.1, 0.15) is 29.2 Å². The van der Waals surface area contributed by atoms with Crippen LogP contribution in [0.3, 0.4) is 0 Å². The topological polar surface area (TPSA) is 9.23 Å². The molecule has 0 radical (unpaired) electrons. The van der Waals surface area contributed by atoms with Crippen molar-refractivity contribution in [3.63, 3.8) is 0 Å². The Balaban J connectivity index is 3.50. The summed E-state index contributed by atoms with van der Waals surface area (Å²) >= 11 is 0. The molecule has 0 aliphatic heterocycles. The number of methoxy groups -OCH3 is 1. The number of aryl methyl sites for hydroxylation is 1. The first-order valence-electron chi connectivity index (χ1n) is 4.82. The van der Waals surface area contributed by atoms with Gasteiger partial charge in [-0.15, -0.1) is 0 Å². The molecule has 0 saturated heterocycles. The zero-order valence-electron chi connectivity index (χ0n) is 9.74. The van der Waals surface area contributed by atoms with Crippen LogP contribution in [0.25, 0.3) is 0 Å². The third-order valence-corrected chi connectivity index (χ3v) is 2.71. The third-order valence-electron chi connectivity index (χ3n) is 2.71. The Morgan fingerprint density at radius 3 is 2.07 bits per heavy atom. The molecule has 0 fully saturated rings. The number of halogens is 2. The minimum Gasteiger partial charge on any atom is -0.496 e. The highest BCUT2D eigenvalue weighted by Gasteiger charge is 2.29. The maximum atomic E-state index is 13.4. The van der Waals surface area contributed by atoms with Gasteiger partial charge in [-0.2, -0.15) is 0 Å². The Labute approximate surface area is 89.1 Å². The van der Waals surface area contributed by atoms with E-state index in [-0.39, 0.29) is 5.56 Å². The van der Waals surface area contributed by atoms with Crippen LogP contribution < -0.4 is 4.74 Å². The van der Waals surface area contributed by atoms with Crippen LogP contribution in [0.15, 0.2) is 6.07 Å². The van der Waals surface area contributed by atoms with Crippen LogP contribution >= 0.6 is 0 Å². The lowest BCUT2D eigenvalue weighted by Crippen LogP contribution is -2.13. The largest absolute Gasteiger partial charge is 0.496 e. The standard InChI is InChI=1S/C12H16F2O/c1-7-6-10(15-5)8(2)9(3)11(7)12(4,13)14/h6H,1-5H3. The summed E-state index contributed by atoms with van der Waals surface area (Å²) in [5.41, 5.74) is 2.07. The minimum absolute atomic E-state index is 0.112. The number of alkyl halides is 2. The predicted octanol–water partition coefficient (Wildman–Crippen LogP) is 3.73. The number of hydrogen-bond donors (Lipinski definition) is 0. The summed E-state index contributed by atoms with van der Waals surface area (Å²) in [5, 5.41) is 0. The van der Waals surface area contributed by atoms with Crippen LogP contribution in [-0.2, 0) is 5.92 Å². The zero-order chi connectivity index (χ0) is 11.8. The molecule has 15 heavy (non-hydrogen) atoms. The summed E-state index contributed by atoms with van der Waals surface area (Å²) in [6.45, 7) is 6.11. The Morgan fingerprint density at radius 1 is 1.13 bits per heavy atom. The van der Waals surface area contributed by atoms with E-state index in [1.54, 1.807) is 33.9 Å². The average molecular weight is 214 g/mol. The van der Waals surface area contributed by atoms with Gasteiger partial charge in [0.15, 0.2) is 0 Å². The number of benzene rings is 1. The molecule has 1 aromatic rings. The molecule has 0 amide bonds. The molecule has 0 spiro atoms. The van der Waals surface area contributed by atoms with Gasteiger partial charge in [-0.1, -0.05) is 0 Å². The van der Waals surface area contributed by atoms with Gasteiger partial charge in [0.2, 0.25) is 0 Å². The number of ether oxygens (including phenoxy) is 1. The fraction of sp³-hybridized carbons (Fsp3) is 0.500. The summed E-state index contributed by atoms with van der Waals surface area (Å²) < 4.78 is 31.8. The smallest absolute Gasteiger partial charge is 0.271 e. The van der Waals surface area contributed by atoms with Crippen molar-refractivity contribution in [1.29, 1.82) is 0 Å². The van der Waals surface area contributed by atoms with Gasteiger partial charge in [-0.25, -0.2) is 8.78 Å². The molecule has 0 unspecified atom stereocenters. The number of rotatable bonds is 2. The van der Waals surface area contributed by atoms with Gasteiger partial charge in [0.25, 0.3) is 5.92 Å². The molecular weight excluding hydrogens is 198 g/mol. The highest BCUT2D eigenvalue weighted by Crippen LogP contribution is 2.37. The van der Waals surface area contributed by atoms with Crippen LogP contribution in [0, 0.1) is 20.8 Å². The second kappa shape index (κ2) is 3.80. The van der Waals surface area contributed by atoms with Gasteiger partial charge in [0, 0.05) is 12.5 Å². The second-order valence-corrected chi connectivity index (χ2v) is 3.91. The molecule has 3 heteroatoms. The van der Waals surface area contributed by atoms with Crippen molar-refractivity contribution < 1.29 is 13.5 Å². The predicted molar refractivity (Wildman–Crippen MR) is 56.8 cm³/mol. The first kappa shape index (κ1) is 12.0. The summed E-state index contributed by atoms with van der Waals surface area (Å²) in [6, 6.07) is 1.66. The maximum Gasteiger partial charge on any atom is 0.271 e. The lowest BCUT2D eigenvalue weighted by atomic mass is 9.93. The van der Waals surface area contributed by atoms with Crippen molar-refractivity contribution in [3.8, 4) is 5.75 Å². The molecule has 84 valence electrons. The highest BCUT2D eigenvalue weighted by atomic mass is 19.3. The summed E-state index contributed by atoms with van der Waals surface area (Å²) in [6.07, 6.45) is 0. The van der Waals surface area contributed by atoms with Crippen molar-refractivity contribution in [3.05, 3.63) is 28.3 Å². The molecule has 0 N–H and O–H groups in total. The van der Waals surface area contributed by atoms with E-state index in [0.717, 1.165) is 12.5 Å². The average Bonchev–Trinajstić information content (AvgIpc) is 2.09. The second-order valence-electron chi connectivity index (χ2n) is 3.91. The summed E-state index contributed by atoms with van der Waals surface area (Å²) in [5.74, 6) is -2.14. The van der Waals surface area contributed by atoms with Gasteiger partial charge in [0.05, 0.1) is 7.11 Å². The van der Waals surface area contributed by atoms with E-state index < -0.39 is 5.92 Å². The summed E-state index contributed by atoms with van der Waals surface area (Å²) in [4.78, 5) is 0. The molecule has 0 aromatic heterocycles. The van der Waals surface area contributed by atoms with E-state index in [9.17, 15) is 8.78 Å². The van der Waals surface area contributed by atoms with Crippen molar-refractivity contribution in [2.24, 2.45) is 0 Å². The van der Waals surface area contributed by atoms with Crippen LogP contribution in [0.4, 0.5) is 8.78 Å². The Bertz CT molecular complexity index is 378. The van der Waals surface area contributed by atoms with E-state index in [4.69, 9.17) is 4.74 Å².